The minimum Gasteiger partial charge on any atom is -0.328 e. The van der Waals surface area contributed by atoms with E-state index in [1.54, 1.807) is 0 Å². The molecule has 0 radical (unpaired) electrons. The predicted octanol–water partition coefficient (Wildman–Crippen LogP) is 1.47. The summed E-state index contributed by atoms with van der Waals surface area (Å²) in [5, 5.41) is 11.0. The van der Waals surface area contributed by atoms with Crippen molar-refractivity contribution in [2.24, 2.45) is 5.73 Å². The maximum absolute atomic E-state index is 12.5. The van der Waals surface area contributed by atoms with Gasteiger partial charge in [-0.15, -0.1) is 0 Å². The van der Waals surface area contributed by atoms with E-state index in [-0.39, 0.29) is 24.0 Å². The summed E-state index contributed by atoms with van der Waals surface area (Å²) in [5.41, 5.74) is 5.33. The van der Waals surface area contributed by atoms with Gasteiger partial charge in [0.2, 0.25) is 10.0 Å². The van der Waals surface area contributed by atoms with E-state index in [0.29, 0.717) is 17.3 Å². The van der Waals surface area contributed by atoms with Gasteiger partial charge in [-0.2, -0.15) is 4.31 Å². The molecule has 1 saturated heterocycles. The van der Waals surface area contributed by atoms with Crippen LogP contribution in [0.5, 0.6) is 0 Å². The summed E-state index contributed by atoms with van der Waals surface area (Å²) >= 11 is 3.15. The molecule has 1 aromatic rings. The van der Waals surface area contributed by atoms with Crippen LogP contribution in [0.3, 0.4) is 0 Å². The fourth-order valence-corrected chi connectivity index (χ4v) is 4.27. The number of nitrogens with two attached hydrogens (primary N) is 1. The van der Waals surface area contributed by atoms with E-state index in [9.17, 15) is 18.5 Å². The molecule has 110 valence electrons. The Balaban J connectivity index is 2.43. The lowest BCUT2D eigenvalue weighted by molar-refractivity contribution is -0.387. The number of nitro benzene ring substituents is 1. The number of benzene rings is 1. The number of sulfonamides is 1. The van der Waals surface area contributed by atoms with Crippen molar-refractivity contribution in [3.05, 3.63) is 32.8 Å². The Morgan fingerprint density at radius 2 is 1.95 bits per heavy atom. The monoisotopic (exact) mass is 363 g/mol. The molecule has 9 heteroatoms. The van der Waals surface area contributed by atoms with Gasteiger partial charge in [-0.05, 0) is 25.0 Å². The van der Waals surface area contributed by atoms with Crippen molar-refractivity contribution in [3.8, 4) is 0 Å². The molecule has 2 rings (SSSR count). The highest BCUT2D eigenvalue weighted by Crippen LogP contribution is 2.30. The highest BCUT2D eigenvalue weighted by molar-refractivity contribution is 9.10. The van der Waals surface area contributed by atoms with Crippen LogP contribution in [-0.2, 0) is 10.0 Å². The van der Waals surface area contributed by atoms with Gasteiger partial charge in [0.05, 0.1) is 4.92 Å². The highest BCUT2D eigenvalue weighted by atomic mass is 79.9. The Bertz CT molecular complexity index is 627. The number of halogens is 1. The maximum atomic E-state index is 12.5. The number of nitro groups is 1. The first-order chi connectivity index (χ1) is 9.32. The van der Waals surface area contributed by atoms with Crippen molar-refractivity contribution in [1.29, 1.82) is 0 Å². The van der Waals surface area contributed by atoms with Crippen molar-refractivity contribution in [2.75, 3.05) is 13.1 Å². The smallest absolute Gasteiger partial charge is 0.289 e. The first-order valence-electron chi connectivity index (χ1n) is 6.02. The molecule has 2 N–H and O–H groups in total. The minimum atomic E-state index is -3.88. The quantitative estimate of drug-likeness (QED) is 0.646. The molecule has 20 heavy (non-hydrogen) atoms. The Labute approximate surface area is 125 Å². The van der Waals surface area contributed by atoms with E-state index in [2.05, 4.69) is 15.9 Å². The Morgan fingerprint density at radius 1 is 1.35 bits per heavy atom. The molecule has 1 aliphatic heterocycles. The largest absolute Gasteiger partial charge is 0.328 e. The topological polar surface area (TPSA) is 107 Å². The molecule has 0 bridgehead atoms. The summed E-state index contributed by atoms with van der Waals surface area (Å²) in [6, 6.07) is 3.89. The van der Waals surface area contributed by atoms with E-state index in [0.717, 1.165) is 0 Å². The second-order valence-corrected chi connectivity index (χ2v) is 7.43. The molecule has 0 aliphatic carbocycles. The van der Waals surface area contributed by atoms with E-state index in [4.69, 9.17) is 5.73 Å². The fourth-order valence-electron chi connectivity index (χ4n) is 2.10. The molecule has 0 saturated carbocycles. The molecular weight excluding hydrogens is 350 g/mol. The summed E-state index contributed by atoms with van der Waals surface area (Å²) < 4.78 is 26.8. The third kappa shape index (κ3) is 3.00. The average Bonchev–Trinajstić information content (AvgIpc) is 2.38. The molecule has 0 spiro atoms. The van der Waals surface area contributed by atoms with E-state index < -0.39 is 20.6 Å². The maximum Gasteiger partial charge on any atom is 0.289 e. The van der Waals surface area contributed by atoms with Crippen LogP contribution in [-0.4, -0.2) is 36.8 Å². The van der Waals surface area contributed by atoms with Gasteiger partial charge in [-0.1, -0.05) is 15.9 Å². The molecule has 0 aromatic heterocycles. The van der Waals surface area contributed by atoms with Crippen molar-refractivity contribution in [3.63, 3.8) is 0 Å². The van der Waals surface area contributed by atoms with Crippen LogP contribution in [0.15, 0.2) is 27.6 Å². The lowest BCUT2D eigenvalue weighted by atomic mass is 10.1. The van der Waals surface area contributed by atoms with Crippen molar-refractivity contribution >= 4 is 31.6 Å². The zero-order valence-corrected chi connectivity index (χ0v) is 12.9. The molecule has 1 aliphatic rings. The molecule has 1 aromatic carbocycles. The molecule has 7 nitrogen and oxygen atoms in total. The van der Waals surface area contributed by atoms with Gasteiger partial charge < -0.3 is 5.73 Å². The van der Waals surface area contributed by atoms with E-state index >= 15 is 0 Å². The SMILES string of the molecule is NC1CCN(S(=O)(=O)c2cc(Br)ccc2[N+](=O)[O-])CC1. The summed E-state index contributed by atoms with van der Waals surface area (Å²) in [6.07, 6.45) is 1.11. The van der Waals surface area contributed by atoms with Gasteiger partial charge in [0.25, 0.3) is 5.69 Å². The van der Waals surface area contributed by atoms with E-state index in [1.165, 1.54) is 22.5 Å². The Morgan fingerprint density at radius 3 is 2.50 bits per heavy atom. The summed E-state index contributed by atoms with van der Waals surface area (Å²) in [5.74, 6) is 0. The molecule has 1 fully saturated rings. The number of rotatable bonds is 3. The summed E-state index contributed by atoms with van der Waals surface area (Å²) in [4.78, 5) is 10.0. The van der Waals surface area contributed by atoms with Crippen LogP contribution in [0.1, 0.15) is 12.8 Å². The molecular formula is C11H14BrN3O4S. The fraction of sp³-hybridized carbons (Fsp3) is 0.455. The molecule has 0 amide bonds. The second kappa shape index (κ2) is 5.76. The predicted molar refractivity (Wildman–Crippen MR) is 76.8 cm³/mol. The lowest BCUT2D eigenvalue weighted by Crippen LogP contribution is -2.42. The number of hydrogen-bond acceptors (Lipinski definition) is 5. The van der Waals surface area contributed by atoms with Gasteiger partial charge in [0.1, 0.15) is 0 Å². The van der Waals surface area contributed by atoms with Gasteiger partial charge in [-0.25, -0.2) is 8.42 Å². The van der Waals surface area contributed by atoms with Crippen LogP contribution >= 0.6 is 15.9 Å². The van der Waals surface area contributed by atoms with Gasteiger partial charge in [-0.3, -0.25) is 10.1 Å². The van der Waals surface area contributed by atoms with Crippen molar-refractivity contribution < 1.29 is 13.3 Å². The van der Waals surface area contributed by atoms with Crippen molar-refractivity contribution in [1.82, 2.24) is 4.31 Å². The van der Waals surface area contributed by atoms with Crippen LogP contribution in [0.2, 0.25) is 0 Å². The Hall–Kier alpha value is -1.03. The number of nitrogens with zero attached hydrogens (tertiary/aromatic N) is 2. The first kappa shape index (κ1) is 15.4. The summed E-state index contributed by atoms with van der Waals surface area (Å²) in [6.45, 7) is 0.570. The number of piperidine rings is 1. The molecule has 0 atom stereocenters. The Kier molecular flexibility index (Phi) is 4.43. The van der Waals surface area contributed by atoms with Gasteiger partial charge in [0, 0.05) is 29.7 Å². The summed E-state index contributed by atoms with van der Waals surface area (Å²) in [7, 11) is -3.88. The second-order valence-electron chi connectivity index (χ2n) is 4.61. The minimum absolute atomic E-state index is 0.0149. The van der Waals surface area contributed by atoms with Crippen LogP contribution in [0, 0.1) is 10.1 Å². The molecule has 0 unspecified atom stereocenters. The number of hydrogen-bond donors (Lipinski definition) is 1. The average molecular weight is 364 g/mol. The third-order valence-electron chi connectivity index (χ3n) is 3.23. The van der Waals surface area contributed by atoms with E-state index in [1.807, 2.05) is 0 Å². The van der Waals surface area contributed by atoms with Crippen molar-refractivity contribution in [2.45, 2.75) is 23.8 Å². The van der Waals surface area contributed by atoms with Crippen LogP contribution in [0.4, 0.5) is 5.69 Å². The third-order valence-corrected chi connectivity index (χ3v) is 5.66. The van der Waals surface area contributed by atoms with Crippen LogP contribution < -0.4 is 5.73 Å². The molecule has 1 heterocycles. The zero-order chi connectivity index (χ0) is 14.9. The normalized spacial score (nSPS) is 18.1. The van der Waals surface area contributed by atoms with Crippen LogP contribution in [0.25, 0.3) is 0 Å². The standard InChI is InChI=1S/C11H14BrN3O4S/c12-8-1-2-10(15(16)17)11(7-8)20(18,19)14-5-3-9(13)4-6-14/h1-2,7,9H,3-6,13H2. The van der Waals surface area contributed by atoms with Gasteiger partial charge in [0.15, 0.2) is 4.90 Å². The zero-order valence-electron chi connectivity index (χ0n) is 10.5. The highest BCUT2D eigenvalue weighted by Gasteiger charge is 2.33. The lowest BCUT2D eigenvalue weighted by Gasteiger charge is -2.29. The van der Waals surface area contributed by atoms with Gasteiger partial charge >= 0.3 is 0 Å². The first-order valence-corrected chi connectivity index (χ1v) is 8.25.